The summed E-state index contributed by atoms with van der Waals surface area (Å²) in [6.07, 6.45) is 14.5. The van der Waals surface area contributed by atoms with E-state index >= 15 is 0 Å². The number of hydrogen-bond acceptors (Lipinski definition) is 4. The van der Waals surface area contributed by atoms with Crippen LogP contribution in [0.15, 0.2) is 48.8 Å². The second kappa shape index (κ2) is 13.4. The summed E-state index contributed by atoms with van der Waals surface area (Å²) in [7, 11) is 2.17. The molecule has 28 heavy (non-hydrogen) atoms. The normalized spacial score (nSPS) is 11.2. The fourth-order valence-electron chi connectivity index (χ4n) is 3.01. The third kappa shape index (κ3) is 8.46. The van der Waals surface area contributed by atoms with E-state index in [1.165, 1.54) is 42.5 Å². The lowest BCUT2D eigenvalue weighted by Gasteiger charge is -2.19. The molecule has 0 aliphatic heterocycles. The number of aryl methyl sites for hydroxylation is 1. The summed E-state index contributed by atoms with van der Waals surface area (Å²) in [6.45, 7) is 4.24. The zero-order chi connectivity index (χ0) is 20.0. The van der Waals surface area contributed by atoms with E-state index in [-0.39, 0.29) is 0 Å². The molecule has 0 amide bonds. The van der Waals surface area contributed by atoms with E-state index in [1.54, 1.807) is 0 Å². The summed E-state index contributed by atoms with van der Waals surface area (Å²) in [5.41, 5.74) is 3.65. The van der Waals surface area contributed by atoms with Crippen LogP contribution >= 0.6 is 12.0 Å². The van der Waals surface area contributed by atoms with Gasteiger partial charge in [-0.15, -0.1) is 0 Å². The molecule has 0 atom stereocenters. The molecule has 0 radical (unpaired) electrons. The van der Waals surface area contributed by atoms with Gasteiger partial charge in [0.1, 0.15) is 6.54 Å². The summed E-state index contributed by atoms with van der Waals surface area (Å²) in [4.78, 5) is 2.33. The molecule has 0 unspecified atom stereocenters. The predicted molar refractivity (Wildman–Crippen MR) is 118 cm³/mol. The van der Waals surface area contributed by atoms with Crippen molar-refractivity contribution in [3.8, 4) is 0 Å². The number of unbranched alkanes of at least 4 members (excludes halogenated alkanes) is 3. The Labute approximate surface area is 174 Å². The molecule has 2 aromatic rings. The van der Waals surface area contributed by atoms with Crippen molar-refractivity contribution in [3.63, 3.8) is 0 Å². The highest BCUT2D eigenvalue weighted by Crippen LogP contribution is 2.16. The van der Waals surface area contributed by atoms with Crippen LogP contribution in [-0.4, -0.2) is 19.3 Å². The molecule has 1 heterocycles. The van der Waals surface area contributed by atoms with E-state index in [0.717, 1.165) is 31.6 Å². The van der Waals surface area contributed by atoms with Crippen LogP contribution in [0.25, 0.3) is 12.2 Å². The lowest BCUT2D eigenvalue weighted by Crippen LogP contribution is -2.32. The molecule has 0 N–H and O–H groups in total. The third-order valence-electron chi connectivity index (χ3n) is 4.76. The molecule has 0 aliphatic rings. The number of benzene rings is 1. The molecule has 1 aromatic heterocycles. The first-order valence-corrected chi connectivity index (χ1v) is 11.0. The van der Waals surface area contributed by atoms with Crippen molar-refractivity contribution < 1.29 is 14.2 Å². The van der Waals surface area contributed by atoms with Gasteiger partial charge in [0.15, 0.2) is 12.4 Å². The van der Waals surface area contributed by atoms with Gasteiger partial charge >= 0.3 is 0 Å². The van der Waals surface area contributed by atoms with Crippen molar-refractivity contribution >= 4 is 29.9 Å². The van der Waals surface area contributed by atoms with E-state index in [4.69, 9.17) is 0 Å². The van der Waals surface area contributed by atoms with Crippen molar-refractivity contribution in [2.24, 2.45) is 0 Å². The van der Waals surface area contributed by atoms with E-state index < -0.39 is 0 Å². The Morgan fingerprint density at radius 3 is 2.29 bits per heavy atom. The summed E-state index contributed by atoms with van der Waals surface area (Å²) >= 11 is 0.961. The molecule has 1 aromatic carbocycles. The molecule has 4 nitrogen and oxygen atoms in total. The van der Waals surface area contributed by atoms with Gasteiger partial charge in [-0.25, -0.2) is 4.57 Å². The van der Waals surface area contributed by atoms with E-state index in [1.807, 2.05) is 0 Å². The second-order valence-electron chi connectivity index (χ2n) is 7.02. The van der Waals surface area contributed by atoms with Gasteiger partial charge < -0.3 is 14.5 Å². The Kier molecular flexibility index (Phi) is 10.7. The van der Waals surface area contributed by atoms with Crippen molar-refractivity contribution in [1.29, 1.82) is 0 Å². The highest BCUT2D eigenvalue weighted by Gasteiger charge is 2.01. The topological polar surface area (TPSA) is 39.4 Å². The molecule has 0 aliphatic carbocycles. The van der Waals surface area contributed by atoms with Crippen LogP contribution in [-0.2, 0) is 10.9 Å². The van der Waals surface area contributed by atoms with Crippen molar-refractivity contribution in [2.45, 2.75) is 45.6 Å². The Balaban J connectivity index is 1.81. The summed E-state index contributed by atoms with van der Waals surface area (Å²) in [5.74, 6) is 0.710. The molecule has 0 spiro atoms. The number of nitrogens with zero attached hydrogens (tertiary/aromatic N) is 2. The average molecular weight is 401 g/mol. The van der Waals surface area contributed by atoms with Gasteiger partial charge in [0.05, 0.1) is 0 Å². The minimum Gasteiger partial charge on any atom is -0.711 e. The first kappa shape index (κ1) is 22.5. The zero-order valence-corrected chi connectivity index (χ0v) is 17.9. The molecule has 152 valence electrons. The zero-order valence-electron chi connectivity index (χ0n) is 17.0. The van der Waals surface area contributed by atoms with Crippen LogP contribution in [0.4, 0.5) is 5.69 Å². The number of anilines is 1. The Morgan fingerprint density at radius 1 is 0.964 bits per heavy atom. The number of rotatable bonds is 13. The van der Waals surface area contributed by atoms with Gasteiger partial charge in [0.2, 0.25) is 0 Å². The van der Waals surface area contributed by atoms with Gasteiger partial charge in [0, 0.05) is 43.6 Å². The largest absolute Gasteiger partial charge is 0.711 e. The number of aromatic nitrogens is 1. The third-order valence-corrected chi connectivity index (χ3v) is 5.31. The minimum atomic E-state index is 0.710. The SMILES string of the molecule is CCCCCCN(C)c1ccc(C=Cc2cc[n+](CCCSO[O-])cc2)cc1. The quantitative estimate of drug-likeness (QED) is 0.163. The molecule has 0 fully saturated rings. The van der Waals surface area contributed by atoms with Crippen molar-refractivity contribution in [3.05, 3.63) is 59.9 Å². The van der Waals surface area contributed by atoms with Gasteiger partial charge in [-0.05, 0) is 41.7 Å². The van der Waals surface area contributed by atoms with E-state index in [2.05, 4.69) is 88.7 Å². The van der Waals surface area contributed by atoms with Crippen LogP contribution in [0.1, 0.15) is 50.2 Å². The van der Waals surface area contributed by atoms with Crippen LogP contribution in [0.3, 0.4) is 0 Å². The second-order valence-corrected chi connectivity index (χ2v) is 7.80. The van der Waals surface area contributed by atoms with E-state index in [0.29, 0.717) is 5.75 Å². The maximum Gasteiger partial charge on any atom is 0.169 e. The molecule has 0 saturated heterocycles. The molecule has 0 bridgehead atoms. The smallest absolute Gasteiger partial charge is 0.169 e. The van der Waals surface area contributed by atoms with Crippen molar-refractivity contribution in [1.82, 2.24) is 0 Å². The highest BCUT2D eigenvalue weighted by atomic mass is 32.2. The summed E-state index contributed by atoms with van der Waals surface area (Å²) in [6, 6.07) is 12.9. The van der Waals surface area contributed by atoms with Gasteiger partial charge in [-0.1, -0.05) is 50.5 Å². The lowest BCUT2D eigenvalue weighted by molar-refractivity contribution is -0.696. The van der Waals surface area contributed by atoms with Crippen molar-refractivity contribution in [2.75, 3.05) is 24.2 Å². The Hall–Kier alpha value is -1.82. The minimum absolute atomic E-state index is 0.710. The van der Waals surface area contributed by atoms with Gasteiger partial charge in [-0.2, -0.15) is 0 Å². The molecule has 2 rings (SSSR count). The summed E-state index contributed by atoms with van der Waals surface area (Å²) < 4.78 is 5.88. The van der Waals surface area contributed by atoms with Gasteiger partial charge in [0.25, 0.3) is 0 Å². The van der Waals surface area contributed by atoms with E-state index in [9.17, 15) is 5.26 Å². The fraction of sp³-hybridized carbons (Fsp3) is 0.435. The monoisotopic (exact) mass is 400 g/mol. The van der Waals surface area contributed by atoms with Crippen LogP contribution in [0.2, 0.25) is 0 Å². The predicted octanol–water partition coefficient (Wildman–Crippen LogP) is 4.49. The average Bonchev–Trinajstić information content (AvgIpc) is 2.74. The Morgan fingerprint density at radius 2 is 1.64 bits per heavy atom. The molecule has 5 heteroatoms. The lowest BCUT2D eigenvalue weighted by atomic mass is 10.1. The van der Waals surface area contributed by atoms with Crippen LogP contribution in [0, 0.1) is 0 Å². The molecular formula is C23H32N2O2S. The first-order valence-electron chi connectivity index (χ1n) is 10.1. The maximum atomic E-state index is 9.94. The Bertz CT molecular complexity index is 687. The van der Waals surface area contributed by atoms with Crippen LogP contribution < -0.4 is 14.7 Å². The number of hydrogen-bond donors (Lipinski definition) is 0. The molecule has 0 saturated carbocycles. The highest BCUT2D eigenvalue weighted by molar-refractivity contribution is 7.94. The van der Waals surface area contributed by atoms with Crippen LogP contribution in [0.5, 0.6) is 0 Å². The first-order chi connectivity index (χ1) is 13.7. The number of pyridine rings is 1. The van der Waals surface area contributed by atoms with Gasteiger partial charge in [-0.3, -0.25) is 0 Å². The maximum absolute atomic E-state index is 9.94. The standard InChI is InChI=1S/C23H32N2O2S/c1-3-4-5-6-16-24(2)23-12-10-21(11-13-23)8-9-22-14-18-25(19-15-22)17-7-20-28-27-26/h8-15,18-19H,3-7,16-17,20H2,1-2H3. The molecular weight excluding hydrogens is 368 g/mol. The fourth-order valence-corrected chi connectivity index (χ4v) is 3.32. The summed E-state index contributed by atoms with van der Waals surface area (Å²) in [5, 5.41) is 9.94.